The normalized spacial score (nSPS) is 11.7. The first-order chi connectivity index (χ1) is 9.38. The second-order valence-electron chi connectivity index (χ2n) is 5.35. The van der Waals surface area contributed by atoms with Crippen LogP contribution in [0.15, 0.2) is 24.3 Å². The molecule has 0 aromatic heterocycles. The topological polar surface area (TPSA) is 72.8 Å². The van der Waals surface area contributed by atoms with E-state index in [9.17, 15) is 19.4 Å². The summed E-state index contributed by atoms with van der Waals surface area (Å²) in [7, 11) is 1.73. The van der Waals surface area contributed by atoms with Crippen molar-refractivity contribution in [2.45, 2.75) is 6.92 Å². The zero-order chi connectivity index (χ0) is 15.2. The number of nitrogens with zero attached hydrogens (tertiary/aromatic N) is 1. The third-order valence-electron chi connectivity index (χ3n) is 2.96. The Kier molecular flexibility index (Phi) is 6.06. The molecule has 0 saturated carbocycles. The Hall–Kier alpha value is -1.50. The number of aliphatic hydroxyl groups excluding tert-OH is 2. The Morgan fingerprint density at radius 2 is 1.85 bits per heavy atom. The van der Waals surface area contributed by atoms with Crippen LogP contribution in [0.5, 0.6) is 0 Å². The molecule has 0 unspecified atom stereocenters. The number of amides is 1. The van der Waals surface area contributed by atoms with Gasteiger partial charge in [-0.25, -0.2) is 4.39 Å². The molecule has 0 bridgehead atoms. The zero-order valence-electron chi connectivity index (χ0n) is 11.8. The number of hydrogen-bond acceptors (Lipinski definition) is 4. The van der Waals surface area contributed by atoms with Crippen LogP contribution in [0.3, 0.4) is 0 Å². The molecule has 112 valence electrons. The van der Waals surface area contributed by atoms with Gasteiger partial charge in [0, 0.05) is 17.6 Å². The Labute approximate surface area is 118 Å². The molecule has 0 radical (unpaired) electrons. The van der Waals surface area contributed by atoms with E-state index in [-0.39, 0.29) is 31.5 Å². The van der Waals surface area contributed by atoms with Gasteiger partial charge in [0.05, 0.1) is 19.8 Å². The van der Waals surface area contributed by atoms with Crippen LogP contribution in [0.1, 0.15) is 6.92 Å². The van der Waals surface area contributed by atoms with Crippen molar-refractivity contribution in [1.82, 2.24) is 4.90 Å². The molecule has 5 nitrogen and oxygen atoms in total. The molecule has 0 aliphatic carbocycles. The van der Waals surface area contributed by atoms with Gasteiger partial charge in [0.1, 0.15) is 5.82 Å². The molecule has 1 amide bonds. The van der Waals surface area contributed by atoms with Crippen LogP contribution < -0.4 is 5.32 Å². The van der Waals surface area contributed by atoms with Crippen molar-refractivity contribution in [1.29, 1.82) is 0 Å². The summed E-state index contributed by atoms with van der Waals surface area (Å²) in [5.74, 6) is -0.598. The number of hydrogen-bond donors (Lipinski definition) is 3. The van der Waals surface area contributed by atoms with Crippen molar-refractivity contribution < 1.29 is 19.4 Å². The maximum absolute atomic E-state index is 12.7. The number of anilines is 1. The van der Waals surface area contributed by atoms with Crippen LogP contribution in [0.25, 0.3) is 0 Å². The molecule has 6 heteroatoms. The van der Waals surface area contributed by atoms with E-state index >= 15 is 0 Å². The summed E-state index contributed by atoms with van der Waals surface area (Å²) in [6.45, 7) is 1.92. The van der Waals surface area contributed by atoms with Gasteiger partial charge in [0.25, 0.3) is 0 Å². The van der Waals surface area contributed by atoms with Crippen molar-refractivity contribution in [3.8, 4) is 0 Å². The number of carbonyl (C=O) groups is 1. The molecular weight excluding hydrogens is 263 g/mol. The number of halogens is 1. The molecule has 3 N–H and O–H groups in total. The number of likely N-dealkylation sites (N-methyl/N-ethyl adjacent to an activating group) is 1. The monoisotopic (exact) mass is 284 g/mol. The maximum atomic E-state index is 12.7. The van der Waals surface area contributed by atoms with Crippen molar-refractivity contribution in [3.63, 3.8) is 0 Å². The summed E-state index contributed by atoms with van der Waals surface area (Å²) < 4.78 is 12.7. The molecule has 20 heavy (non-hydrogen) atoms. The predicted molar refractivity (Wildman–Crippen MR) is 74.8 cm³/mol. The molecule has 0 heterocycles. The summed E-state index contributed by atoms with van der Waals surface area (Å²) in [6, 6.07) is 5.51. The molecule has 0 aliphatic rings. The van der Waals surface area contributed by atoms with E-state index in [1.807, 2.05) is 0 Å². The lowest BCUT2D eigenvalue weighted by molar-refractivity contribution is -0.117. The SMILES string of the molecule is CN(CC(=O)Nc1ccc(F)cc1)CC(C)(CO)CO. The summed E-state index contributed by atoms with van der Waals surface area (Å²) >= 11 is 0. The van der Waals surface area contributed by atoms with Gasteiger partial charge in [0.2, 0.25) is 5.91 Å². The first-order valence-corrected chi connectivity index (χ1v) is 6.34. The van der Waals surface area contributed by atoms with Crippen LogP contribution in [0.4, 0.5) is 10.1 Å². The van der Waals surface area contributed by atoms with Crippen molar-refractivity contribution in [2.24, 2.45) is 5.41 Å². The molecule has 0 fully saturated rings. The smallest absolute Gasteiger partial charge is 0.238 e. The van der Waals surface area contributed by atoms with Crippen LogP contribution in [0, 0.1) is 11.2 Å². The van der Waals surface area contributed by atoms with E-state index in [1.165, 1.54) is 24.3 Å². The van der Waals surface area contributed by atoms with Gasteiger partial charge in [0.15, 0.2) is 0 Å². The molecule has 1 rings (SSSR count). The number of aliphatic hydroxyl groups is 2. The molecule has 0 spiro atoms. The van der Waals surface area contributed by atoms with E-state index in [1.54, 1.807) is 18.9 Å². The van der Waals surface area contributed by atoms with Gasteiger partial charge < -0.3 is 15.5 Å². The fourth-order valence-electron chi connectivity index (χ4n) is 1.84. The number of benzene rings is 1. The van der Waals surface area contributed by atoms with Crippen molar-refractivity contribution >= 4 is 11.6 Å². The average Bonchev–Trinajstić information content (AvgIpc) is 2.41. The Bertz CT molecular complexity index is 433. The molecule has 0 aliphatic heterocycles. The maximum Gasteiger partial charge on any atom is 0.238 e. The van der Waals surface area contributed by atoms with Gasteiger partial charge in [-0.2, -0.15) is 0 Å². The van der Waals surface area contributed by atoms with Gasteiger partial charge >= 0.3 is 0 Å². The van der Waals surface area contributed by atoms with Gasteiger partial charge in [-0.05, 0) is 31.3 Å². The minimum Gasteiger partial charge on any atom is -0.396 e. The van der Waals surface area contributed by atoms with E-state index in [0.717, 1.165) is 0 Å². The van der Waals surface area contributed by atoms with E-state index in [2.05, 4.69) is 5.32 Å². The highest BCUT2D eigenvalue weighted by molar-refractivity contribution is 5.92. The lowest BCUT2D eigenvalue weighted by atomic mass is 9.92. The van der Waals surface area contributed by atoms with E-state index < -0.39 is 5.41 Å². The lowest BCUT2D eigenvalue weighted by Gasteiger charge is -2.29. The molecule has 1 aromatic carbocycles. The standard InChI is InChI=1S/C14H21FN2O3/c1-14(9-18,10-19)8-17(2)7-13(20)16-12-5-3-11(15)4-6-12/h3-6,18-19H,7-10H2,1-2H3,(H,16,20). The minimum atomic E-state index is -0.648. The van der Waals surface area contributed by atoms with E-state index in [0.29, 0.717) is 12.2 Å². The number of nitrogens with one attached hydrogen (secondary N) is 1. The highest BCUT2D eigenvalue weighted by Crippen LogP contribution is 2.15. The predicted octanol–water partition coefficient (Wildman–Crippen LogP) is 0.687. The Balaban J connectivity index is 2.47. The highest BCUT2D eigenvalue weighted by Gasteiger charge is 2.25. The van der Waals surface area contributed by atoms with Crippen molar-refractivity contribution in [2.75, 3.05) is 38.7 Å². The largest absolute Gasteiger partial charge is 0.396 e. The molecule has 0 atom stereocenters. The molecule has 0 saturated heterocycles. The van der Waals surface area contributed by atoms with Crippen molar-refractivity contribution in [3.05, 3.63) is 30.1 Å². The Morgan fingerprint density at radius 1 is 1.30 bits per heavy atom. The fourth-order valence-corrected chi connectivity index (χ4v) is 1.84. The van der Waals surface area contributed by atoms with E-state index in [4.69, 9.17) is 0 Å². The summed E-state index contributed by atoms with van der Waals surface area (Å²) in [6.07, 6.45) is 0. The molecular formula is C14H21FN2O3. The highest BCUT2D eigenvalue weighted by atomic mass is 19.1. The van der Waals surface area contributed by atoms with Crippen LogP contribution in [-0.2, 0) is 4.79 Å². The van der Waals surface area contributed by atoms with Gasteiger partial charge in [-0.15, -0.1) is 0 Å². The fraction of sp³-hybridized carbons (Fsp3) is 0.500. The first-order valence-electron chi connectivity index (χ1n) is 6.34. The van der Waals surface area contributed by atoms with Crippen LogP contribution in [0.2, 0.25) is 0 Å². The summed E-state index contributed by atoms with van der Waals surface area (Å²) in [5.41, 5.74) is -0.123. The third-order valence-corrected chi connectivity index (χ3v) is 2.96. The minimum absolute atomic E-state index is 0.118. The lowest BCUT2D eigenvalue weighted by Crippen LogP contribution is -2.41. The quantitative estimate of drug-likeness (QED) is 0.689. The summed E-state index contributed by atoms with van der Waals surface area (Å²) in [5, 5.41) is 21.1. The number of rotatable bonds is 7. The van der Waals surface area contributed by atoms with Gasteiger partial charge in [-0.1, -0.05) is 6.92 Å². The van der Waals surface area contributed by atoms with Crippen LogP contribution in [-0.4, -0.2) is 54.4 Å². The first kappa shape index (κ1) is 16.6. The zero-order valence-corrected chi connectivity index (χ0v) is 11.8. The Morgan fingerprint density at radius 3 is 2.35 bits per heavy atom. The summed E-state index contributed by atoms with van der Waals surface area (Å²) in [4.78, 5) is 13.5. The number of carbonyl (C=O) groups excluding carboxylic acids is 1. The average molecular weight is 284 g/mol. The van der Waals surface area contributed by atoms with Gasteiger partial charge in [-0.3, -0.25) is 9.69 Å². The third kappa shape index (κ3) is 5.24. The molecule has 1 aromatic rings. The second kappa shape index (κ2) is 7.33. The second-order valence-corrected chi connectivity index (χ2v) is 5.35. The van der Waals surface area contributed by atoms with Crippen LogP contribution >= 0.6 is 0 Å².